The molecule has 0 amide bonds. The first-order valence-electron chi connectivity index (χ1n) is 5.97. The normalized spacial score (nSPS) is 12.0. The molecule has 0 aliphatic carbocycles. The van der Waals surface area contributed by atoms with Crippen LogP contribution in [0.15, 0.2) is 37.9 Å². The smallest absolute Gasteiger partial charge is 0.344 e. The summed E-state index contributed by atoms with van der Waals surface area (Å²) in [5.41, 5.74) is 5.87. The molecule has 0 aliphatic rings. The largest absolute Gasteiger partial charge is 0.398 e. The molecule has 1 aromatic heterocycles. The lowest BCUT2D eigenvalue weighted by Crippen LogP contribution is -2.19. The Bertz CT molecular complexity index is 823. The van der Waals surface area contributed by atoms with E-state index in [0.717, 1.165) is 11.8 Å². The van der Waals surface area contributed by atoms with Crippen LogP contribution in [0.5, 0.6) is 0 Å². The van der Waals surface area contributed by atoms with Gasteiger partial charge in [0.2, 0.25) is 10.0 Å². The van der Waals surface area contributed by atoms with E-state index >= 15 is 0 Å². The van der Waals surface area contributed by atoms with E-state index in [1.807, 2.05) is 13.8 Å². The molecule has 21 heavy (non-hydrogen) atoms. The molecular formula is C11H15N5O3S2. The number of primary sulfonamides is 1. The summed E-state index contributed by atoms with van der Waals surface area (Å²) in [5.74, 6) is 0. The van der Waals surface area contributed by atoms with Crippen LogP contribution in [0.3, 0.4) is 0 Å². The van der Waals surface area contributed by atoms with E-state index in [0.29, 0.717) is 15.7 Å². The minimum atomic E-state index is -3.82. The van der Waals surface area contributed by atoms with Crippen molar-refractivity contribution in [3.63, 3.8) is 0 Å². The molecule has 5 N–H and O–H groups in total. The molecule has 0 aliphatic heterocycles. The van der Waals surface area contributed by atoms with E-state index in [1.165, 1.54) is 22.8 Å². The average Bonchev–Trinajstić information content (AvgIpc) is 2.72. The number of benzene rings is 1. The SMILES string of the molecule is CC(C)n1c(Sc2cc(S(N)(=O)=O)ccc2N)n[nH]c1=O. The molecule has 8 nitrogen and oxygen atoms in total. The lowest BCUT2D eigenvalue weighted by atomic mass is 10.3. The van der Waals surface area contributed by atoms with Gasteiger partial charge in [0, 0.05) is 16.6 Å². The van der Waals surface area contributed by atoms with Crippen molar-refractivity contribution in [2.45, 2.75) is 34.8 Å². The van der Waals surface area contributed by atoms with Crippen molar-refractivity contribution in [3.05, 3.63) is 28.7 Å². The Hall–Kier alpha value is -1.78. The lowest BCUT2D eigenvalue weighted by Gasteiger charge is -2.10. The summed E-state index contributed by atoms with van der Waals surface area (Å²) in [6.45, 7) is 3.68. The van der Waals surface area contributed by atoms with E-state index in [-0.39, 0.29) is 16.6 Å². The van der Waals surface area contributed by atoms with Gasteiger partial charge in [-0.2, -0.15) is 0 Å². The predicted molar refractivity (Wildman–Crippen MR) is 79.6 cm³/mol. The highest BCUT2D eigenvalue weighted by Gasteiger charge is 2.16. The Morgan fingerprint density at radius 3 is 2.62 bits per heavy atom. The monoisotopic (exact) mass is 329 g/mol. The highest BCUT2D eigenvalue weighted by molar-refractivity contribution is 7.99. The van der Waals surface area contributed by atoms with E-state index in [1.54, 1.807) is 0 Å². The highest BCUT2D eigenvalue weighted by Crippen LogP contribution is 2.32. The molecule has 0 atom stereocenters. The van der Waals surface area contributed by atoms with Crippen LogP contribution in [0.2, 0.25) is 0 Å². The van der Waals surface area contributed by atoms with Crippen molar-refractivity contribution in [1.82, 2.24) is 14.8 Å². The van der Waals surface area contributed by atoms with Crippen LogP contribution >= 0.6 is 11.8 Å². The summed E-state index contributed by atoms with van der Waals surface area (Å²) < 4.78 is 24.2. The first-order chi connectivity index (χ1) is 9.70. The topological polar surface area (TPSA) is 137 Å². The fourth-order valence-corrected chi connectivity index (χ4v) is 3.36. The first-order valence-corrected chi connectivity index (χ1v) is 8.33. The second-order valence-corrected chi connectivity index (χ2v) is 7.19. The Morgan fingerprint density at radius 1 is 1.38 bits per heavy atom. The van der Waals surface area contributed by atoms with Crippen molar-refractivity contribution >= 4 is 27.5 Å². The zero-order chi connectivity index (χ0) is 15.8. The predicted octanol–water partition coefficient (Wildman–Crippen LogP) is 0.533. The van der Waals surface area contributed by atoms with Gasteiger partial charge in [-0.05, 0) is 43.8 Å². The molecule has 114 valence electrons. The maximum Gasteiger partial charge on any atom is 0.344 e. The zero-order valence-electron chi connectivity index (χ0n) is 11.4. The molecule has 2 rings (SSSR count). The van der Waals surface area contributed by atoms with Crippen LogP contribution < -0.4 is 16.6 Å². The first kappa shape index (κ1) is 15.6. The number of nitrogens with one attached hydrogen (secondary N) is 1. The third kappa shape index (κ3) is 3.28. The van der Waals surface area contributed by atoms with Crippen molar-refractivity contribution in [2.24, 2.45) is 5.14 Å². The number of nitrogen functional groups attached to an aromatic ring is 1. The summed E-state index contributed by atoms with van der Waals surface area (Å²) in [6, 6.07) is 4.04. The third-order valence-electron chi connectivity index (χ3n) is 2.70. The van der Waals surface area contributed by atoms with Crippen LogP contribution in [0, 0.1) is 0 Å². The van der Waals surface area contributed by atoms with Crippen molar-refractivity contribution < 1.29 is 8.42 Å². The summed E-state index contributed by atoms with van der Waals surface area (Å²) in [6.07, 6.45) is 0. The van der Waals surface area contributed by atoms with E-state index < -0.39 is 10.0 Å². The molecule has 0 saturated heterocycles. The standard InChI is InChI=1S/C11H15N5O3S2/c1-6(2)16-10(17)14-15-11(16)20-9-5-7(21(13,18)19)3-4-8(9)12/h3-6H,12H2,1-2H3,(H,14,17)(H2,13,18,19). The number of hydrogen-bond donors (Lipinski definition) is 3. The third-order valence-corrected chi connectivity index (χ3v) is 4.66. The maximum atomic E-state index is 11.7. The molecule has 0 saturated carbocycles. The molecule has 1 heterocycles. The van der Waals surface area contributed by atoms with E-state index in [2.05, 4.69) is 10.2 Å². The number of nitrogens with two attached hydrogens (primary N) is 2. The van der Waals surface area contributed by atoms with Crippen LogP contribution in [-0.2, 0) is 10.0 Å². The molecule has 2 aromatic rings. The molecule has 10 heteroatoms. The highest BCUT2D eigenvalue weighted by atomic mass is 32.2. The van der Waals surface area contributed by atoms with Gasteiger partial charge in [-0.25, -0.2) is 23.4 Å². The molecule has 0 radical (unpaired) electrons. The average molecular weight is 329 g/mol. The second kappa shape index (κ2) is 5.54. The van der Waals surface area contributed by atoms with Crippen molar-refractivity contribution in [1.29, 1.82) is 0 Å². The number of aromatic nitrogens is 3. The van der Waals surface area contributed by atoms with Gasteiger partial charge in [-0.1, -0.05) is 0 Å². The number of rotatable bonds is 4. The molecule has 0 fully saturated rings. The summed E-state index contributed by atoms with van der Waals surface area (Å²) >= 11 is 1.10. The van der Waals surface area contributed by atoms with E-state index in [9.17, 15) is 13.2 Å². The number of aromatic amines is 1. The Morgan fingerprint density at radius 2 is 2.05 bits per heavy atom. The van der Waals surface area contributed by atoms with Crippen molar-refractivity contribution in [3.8, 4) is 0 Å². The molecule has 0 bridgehead atoms. The molecule has 0 spiro atoms. The summed E-state index contributed by atoms with van der Waals surface area (Å²) in [7, 11) is -3.82. The number of hydrogen-bond acceptors (Lipinski definition) is 6. The molecule has 0 unspecified atom stereocenters. The minimum absolute atomic E-state index is 0.0480. The Labute approximate surface area is 125 Å². The van der Waals surface area contributed by atoms with Gasteiger partial charge in [0.25, 0.3) is 0 Å². The van der Waals surface area contributed by atoms with Crippen LogP contribution in [0.1, 0.15) is 19.9 Å². The van der Waals surface area contributed by atoms with E-state index in [4.69, 9.17) is 10.9 Å². The van der Waals surface area contributed by atoms with Gasteiger partial charge < -0.3 is 5.73 Å². The van der Waals surface area contributed by atoms with Gasteiger partial charge in [0.05, 0.1) is 4.90 Å². The molecular weight excluding hydrogens is 314 g/mol. The van der Waals surface area contributed by atoms with Crippen LogP contribution in [0.25, 0.3) is 0 Å². The van der Waals surface area contributed by atoms with Gasteiger partial charge in [-0.15, -0.1) is 5.10 Å². The Kier molecular flexibility index (Phi) is 4.12. The number of nitrogens with zero attached hydrogens (tertiary/aromatic N) is 2. The Balaban J connectivity index is 2.47. The number of H-pyrrole nitrogens is 1. The summed E-state index contributed by atoms with van der Waals surface area (Å²) in [4.78, 5) is 12.1. The summed E-state index contributed by atoms with van der Waals surface area (Å²) in [5, 5.41) is 11.8. The van der Waals surface area contributed by atoms with Crippen molar-refractivity contribution in [2.75, 3.05) is 5.73 Å². The van der Waals surface area contributed by atoms with Gasteiger partial charge >= 0.3 is 5.69 Å². The van der Waals surface area contributed by atoms with Gasteiger partial charge in [0.15, 0.2) is 5.16 Å². The fourth-order valence-electron chi connectivity index (χ4n) is 1.70. The molecule has 1 aromatic carbocycles. The second-order valence-electron chi connectivity index (χ2n) is 4.62. The van der Waals surface area contributed by atoms with Crippen LogP contribution in [-0.4, -0.2) is 23.2 Å². The lowest BCUT2D eigenvalue weighted by molar-refractivity contribution is 0.534. The zero-order valence-corrected chi connectivity index (χ0v) is 13.0. The van der Waals surface area contributed by atoms with Gasteiger partial charge in [-0.3, -0.25) is 4.57 Å². The fraction of sp³-hybridized carbons (Fsp3) is 0.273. The van der Waals surface area contributed by atoms with Crippen LogP contribution in [0.4, 0.5) is 5.69 Å². The maximum absolute atomic E-state index is 11.7. The number of sulfonamides is 1. The quantitative estimate of drug-likeness (QED) is 0.700. The number of anilines is 1. The van der Waals surface area contributed by atoms with Gasteiger partial charge in [0.1, 0.15) is 0 Å². The minimum Gasteiger partial charge on any atom is -0.398 e.